The number of hydrogen-bond acceptors (Lipinski definition) is 6. The van der Waals surface area contributed by atoms with Crippen molar-refractivity contribution in [1.29, 1.82) is 0 Å². The molecule has 0 radical (unpaired) electrons. The van der Waals surface area contributed by atoms with E-state index in [1.165, 1.54) is 6.20 Å². The number of alkyl halides is 3. The van der Waals surface area contributed by atoms with Gasteiger partial charge in [0.25, 0.3) is 0 Å². The Bertz CT molecular complexity index is 335. The first-order valence-electron chi connectivity index (χ1n) is 5.83. The molecule has 1 atom stereocenters. The molecule has 1 aromatic rings. The van der Waals surface area contributed by atoms with Gasteiger partial charge in [0, 0.05) is 13.0 Å². The predicted molar refractivity (Wildman–Crippen MR) is 64.2 cm³/mol. The highest BCUT2D eigenvalue weighted by atomic mass is 32.1. The number of nitrogens with zero attached hydrogens (tertiary/aromatic N) is 2. The third kappa shape index (κ3) is 8.73. The lowest BCUT2D eigenvalue weighted by atomic mass is 10.2. The van der Waals surface area contributed by atoms with Crippen molar-refractivity contribution in [3.05, 3.63) is 6.20 Å². The molecule has 1 aromatic heterocycles. The lowest BCUT2D eigenvalue weighted by Gasteiger charge is -2.12. The SMILES string of the molecule is OC(CNCCCCC(F)(F)F)COc1cnsn1. The lowest BCUT2D eigenvalue weighted by molar-refractivity contribution is -0.135. The van der Waals surface area contributed by atoms with Crippen molar-refractivity contribution in [3.8, 4) is 5.88 Å². The van der Waals surface area contributed by atoms with Crippen LogP contribution in [0.1, 0.15) is 19.3 Å². The van der Waals surface area contributed by atoms with E-state index < -0.39 is 18.7 Å². The minimum Gasteiger partial charge on any atom is -0.473 e. The summed E-state index contributed by atoms with van der Waals surface area (Å²) in [4.78, 5) is 0. The number of halogens is 3. The maximum absolute atomic E-state index is 11.8. The Morgan fingerprint density at radius 2 is 2.21 bits per heavy atom. The number of hydrogen-bond donors (Lipinski definition) is 2. The second kappa shape index (κ2) is 8.28. The van der Waals surface area contributed by atoms with Crippen molar-refractivity contribution in [1.82, 2.24) is 14.1 Å². The third-order valence-corrected chi connectivity index (χ3v) is 2.67. The highest BCUT2D eigenvalue weighted by Crippen LogP contribution is 2.21. The van der Waals surface area contributed by atoms with Crippen LogP contribution in [0.4, 0.5) is 13.2 Å². The molecule has 0 aliphatic rings. The first-order valence-corrected chi connectivity index (χ1v) is 6.56. The average molecular weight is 299 g/mol. The van der Waals surface area contributed by atoms with Crippen LogP contribution < -0.4 is 10.1 Å². The molecule has 1 rings (SSSR count). The van der Waals surface area contributed by atoms with Gasteiger partial charge in [-0.3, -0.25) is 0 Å². The van der Waals surface area contributed by atoms with Crippen LogP contribution in [0.2, 0.25) is 0 Å². The molecule has 0 aliphatic heterocycles. The standard InChI is InChI=1S/C10H16F3N3O2S/c11-10(12,13)3-1-2-4-14-5-8(17)7-18-9-6-15-19-16-9/h6,8,14,17H,1-5,7H2. The van der Waals surface area contributed by atoms with Gasteiger partial charge in [0.05, 0.1) is 11.7 Å². The van der Waals surface area contributed by atoms with Crippen LogP contribution in [0.25, 0.3) is 0 Å². The zero-order valence-corrected chi connectivity index (χ0v) is 11.0. The van der Waals surface area contributed by atoms with Gasteiger partial charge in [0.2, 0.25) is 5.88 Å². The Labute approximate surface area is 113 Å². The monoisotopic (exact) mass is 299 g/mol. The fourth-order valence-corrected chi connectivity index (χ4v) is 1.67. The smallest absolute Gasteiger partial charge is 0.389 e. The maximum atomic E-state index is 11.8. The molecule has 5 nitrogen and oxygen atoms in total. The van der Waals surface area contributed by atoms with E-state index >= 15 is 0 Å². The molecule has 0 spiro atoms. The van der Waals surface area contributed by atoms with Crippen LogP contribution in [0.15, 0.2) is 6.20 Å². The zero-order chi connectivity index (χ0) is 14.1. The van der Waals surface area contributed by atoms with Gasteiger partial charge in [0.15, 0.2) is 0 Å². The molecule has 0 amide bonds. The Morgan fingerprint density at radius 3 is 2.84 bits per heavy atom. The van der Waals surface area contributed by atoms with Crippen LogP contribution in [-0.2, 0) is 0 Å². The second-order valence-corrected chi connectivity index (χ2v) is 4.54. The normalized spacial score (nSPS) is 13.5. The molecule has 0 bridgehead atoms. The average Bonchev–Trinajstić information content (AvgIpc) is 2.82. The van der Waals surface area contributed by atoms with E-state index in [0.717, 1.165) is 11.7 Å². The Hall–Kier alpha value is -0.930. The van der Waals surface area contributed by atoms with Crippen LogP contribution in [0.5, 0.6) is 5.88 Å². The summed E-state index contributed by atoms with van der Waals surface area (Å²) in [6, 6.07) is 0. The van der Waals surface area contributed by atoms with E-state index in [1.54, 1.807) is 0 Å². The summed E-state index contributed by atoms with van der Waals surface area (Å²) < 4.78 is 48.2. The van der Waals surface area contributed by atoms with Crippen molar-refractivity contribution >= 4 is 11.7 Å². The predicted octanol–water partition coefficient (Wildman–Crippen LogP) is 1.60. The van der Waals surface area contributed by atoms with Gasteiger partial charge in [-0.1, -0.05) is 0 Å². The topological polar surface area (TPSA) is 67.3 Å². The van der Waals surface area contributed by atoms with Crippen molar-refractivity contribution < 1.29 is 23.0 Å². The quantitative estimate of drug-likeness (QED) is 0.678. The van der Waals surface area contributed by atoms with Gasteiger partial charge in [-0.15, -0.1) is 4.37 Å². The summed E-state index contributed by atoms with van der Waals surface area (Å²) in [5.74, 6) is 0.356. The van der Waals surface area contributed by atoms with Gasteiger partial charge in [0.1, 0.15) is 18.9 Å². The molecule has 0 saturated carbocycles. The Balaban J connectivity index is 1.94. The highest BCUT2D eigenvalue weighted by Gasteiger charge is 2.25. The molecular formula is C10H16F3N3O2S. The Kier molecular flexibility index (Phi) is 7.03. The minimum atomic E-state index is -4.09. The fourth-order valence-electron chi connectivity index (χ4n) is 1.30. The second-order valence-electron chi connectivity index (χ2n) is 3.99. The fraction of sp³-hybridized carbons (Fsp3) is 0.800. The maximum Gasteiger partial charge on any atom is 0.389 e. The molecule has 1 heterocycles. The van der Waals surface area contributed by atoms with Crippen molar-refractivity contribution in [2.24, 2.45) is 0 Å². The van der Waals surface area contributed by atoms with Crippen LogP contribution in [0, 0.1) is 0 Å². The van der Waals surface area contributed by atoms with Crippen LogP contribution >= 0.6 is 11.7 Å². The zero-order valence-electron chi connectivity index (χ0n) is 10.2. The number of aliphatic hydroxyl groups is 1. The number of aliphatic hydroxyl groups excluding tert-OH is 1. The molecule has 9 heteroatoms. The first-order chi connectivity index (χ1) is 8.97. The van der Waals surface area contributed by atoms with Crippen molar-refractivity contribution in [2.45, 2.75) is 31.5 Å². The summed E-state index contributed by atoms with van der Waals surface area (Å²) in [5, 5.41) is 12.4. The van der Waals surface area contributed by atoms with Gasteiger partial charge < -0.3 is 15.2 Å². The number of rotatable bonds is 9. The molecule has 110 valence electrons. The molecular weight excluding hydrogens is 283 g/mol. The van der Waals surface area contributed by atoms with E-state index in [-0.39, 0.29) is 19.6 Å². The molecule has 0 fully saturated rings. The summed E-state index contributed by atoms with van der Waals surface area (Å²) >= 11 is 1.01. The molecule has 0 aliphatic carbocycles. The van der Waals surface area contributed by atoms with E-state index in [9.17, 15) is 18.3 Å². The third-order valence-electron chi connectivity index (χ3n) is 2.21. The molecule has 19 heavy (non-hydrogen) atoms. The number of nitrogens with one attached hydrogen (secondary N) is 1. The lowest BCUT2D eigenvalue weighted by Crippen LogP contribution is -2.32. The van der Waals surface area contributed by atoms with E-state index in [0.29, 0.717) is 18.8 Å². The summed E-state index contributed by atoms with van der Waals surface area (Å²) in [7, 11) is 0. The molecule has 1 unspecified atom stereocenters. The van der Waals surface area contributed by atoms with E-state index in [2.05, 4.69) is 14.1 Å². The summed E-state index contributed by atoms with van der Waals surface area (Å²) in [6.07, 6.45) is -3.63. The van der Waals surface area contributed by atoms with Crippen LogP contribution in [0.3, 0.4) is 0 Å². The molecule has 0 saturated heterocycles. The Morgan fingerprint density at radius 1 is 1.42 bits per heavy atom. The number of aromatic nitrogens is 2. The van der Waals surface area contributed by atoms with Crippen LogP contribution in [-0.4, -0.2) is 45.8 Å². The van der Waals surface area contributed by atoms with E-state index in [4.69, 9.17) is 4.74 Å². The summed E-state index contributed by atoms with van der Waals surface area (Å²) in [5.41, 5.74) is 0. The van der Waals surface area contributed by atoms with Crippen molar-refractivity contribution in [3.63, 3.8) is 0 Å². The van der Waals surface area contributed by atoms with Gasteiger partial charge in [-0.2, -0.15) is 17.5 Å². The molecule has 2 N–H and O–H groups in total. The van der Waals surface area contributed by atoms with E-state index in [1.807, 2.05) is 0 Å². The van der Waals surface area contributed by atoms with Gasteiger partial charge in [-0.25, -0.2) is 0 Å². The van der Waals surface area contributed by atoms with Crippen molar-refractivity contribution in [2.75, 3.05) is 19.7 Å². The number of ether oxygens (including phenoxy) is 1. The number of unbranched alkanes of at least 4 members (excludes halogenated alkanes) is 1. The first kappa shape index (κ1) is 16.1. The van der Waals surface area contributed by atoms with Gasteiger partial charge >= 0.3 is 6.18 Å². The summed E-state index contributed by atoms with van der Waals surface area (Å²) in [6.45, 7) is 0.774. The van der Waals surface area contributed by atoms with Gasteiger partial charge in [-0.05, 0) is 19.4 Å². The highest BCUT2D eigenvalue weighted by molar-refractivity contribution is 6.99. The largest absolute Gasteiger partial charge is 0.473 e. The minimum absolute atomic E-state index is 0.0704. The molecule has 0 aromatic carbocycles.